The van der Waals surface area contributed by atoms with Crippen LogP contribution in [0.3, 0.4) is 0 Å². The van der Waals surface area contributed by atoms with Crippen LogP contribution in [-0.4, -0.2) is 9.78 Å². The molecule has 102 valence electrons. The summed E-state index contributed by atoms with van der Waals surface area (Å²) in [4.78, 5) is 0. The quantitative estimate of drug-likeness (QED) is 0.927. The van der Waals surface area contributed by atoms with Gasteiger partial charge in [0.2, 0.25) is 0 Å². The van der Waals surface area contributed by atoms with E-state index in [1.54, 1.807) is 0 Å². The maximum atomic E-state index is 8.94. The van der Waals surface area contributed by atoms with Crippen LogP contribution in [-0.2, 0) is 19.4 Å². The highest BCUT2D eigenvalue weighted by Gasteiger charge is 2.26. The van der Waals surface area contributed by atoms with E-state index in [-0.39, 0.29) is 6.04 Å². The normalized spacial score (nSPS) is 17.5. The molecule has 0 saturated carbocycles. The lowest BCUT2D eigenvalue weighted by atomic mass is 9.90. The Kier molecular flexibility index (Phi) is 3.53. The maximum absolute atomic E-state index is 8.94. The van der Waals surface area contributed by atoms with E-state index < -0.39 is 0 Å². The van der Waals surface area contributed by atoms with Crippen molar-refractivity contribution >= 4 is 0 Å². The van der Waals surface area contributed by atoms with Crippen LogP contribution in [0.4, 0.5) is 0 Å². The summed E-state index contributed by atoms with van der Waals surface area (Å²) in [5.74, 6) is 0. The topological polar surface area (TPSA) is 67.6 Å². The van der Waals surface area contributed by atoms with Crippen molar-refractivity contribution in [2.75, 3.05) is 0 Å². The highest BCUT2D eigenvalue weighted by Crippen LogP contribution is 2.31. The van der Waals surface area contributed by atoms with Crippen LogP contribution >= 0.6 is 0 Å². The van der Waals surface area contributed by atoms with Gasteiger partial charge in [-0.05, 0) is 24.8 Å². The van der Waals surface area contributed by atoms with Gasteiger partial charge in [0.15, 0.2) is 0 Å². The summed E-state index contributed by atoms with van der Waals surface area (Å²) in [5, 5.41) is 13.6. The van der Waals surface area contributed by atoms with E-state index >= 15 is 0 Å². The third-order valence-electron chi connectivity index (χ3n) is 3.91. The predicted molar refractivity (Wildman–Crippen MR) is 77.0 cm³/mol. The lowest BCUT2D eigenvalue weighted by Gasteiger charge is -2.20. The van der Waals surface area contributed by atoms with Crippen molar-refractivity contribution in [3.63, 3.8) is 0 Å². The molecule has 1 heterocycles. The average molecular weight is 266 g/mol. The SMILES string of the molecule is N#CCn1nc(Cc2ccccc2)c2c1CCCC2N. The second kappa shape index (κ2) is 5.48. The van der Waals surface area contributed by atoms with E-state index in [1.807, 2.05) is 22.9 Å². The summed E-state index contributed by atoms with van der Waals surface area (Å²) in [6, 6.07) is 12.5. The molecule has 0 fully saturated rings. The van der Waals surface area contributed by atoms with Crippen molar-refractivity contribution in [3.05, 3.63) is 52.8 Å². The molecule has 0 spiro atoms. The molecular weight excluding hydrogens is 248 g/mol. The Hall–Kier alpha value is -2.12. The third-order valence-corrected chi connectivity index (χ3v) is 3.91. The Bertz CT molecular complexity index is 636. The molecule has 0 amide bonds. The van der Waals surface area contributed by atoms with E-state index in [0.717, 1.165) is 37.1 Å². The van der Waals surface area contributed by atoms with Gasteiger partial charge in [-0.25, -0.2) is 0 Å². The second-order valence-electron chi connectivity index (χ2n) is 5.28. The van der Waals surface area contributed by atoms with Gasteiger partial charge in [-0.1, -0.05) is 30.3 Å². The van der Waals surface area contributed by atoms with Crippen molar-refractivity contribution in [1.82, 2.24) is 9.78 Å². The number of nitrogens with zero attached hydrogens (tertiary/aromatic N) is 3. The molecule has 1 aliphatic carbocycles. The monoisotopic (exact) mass is 266 g/mol. The van der Waals surface area contributed by atoms with Crippen molar-refractivity contribution in [1.29, 1.82) is 5.26 Å². The smallest absolute Gasteiger partial charge is 0.128 e. The van der Waals surface area contributed by atoms with Crippen LogP contribution in [0, 0.1) is 11.3 Å². The van der Waals surface area contributed by atoms with Gasteiger partial charge in [0.25, 0.3) is 0 Å². The summed E-state index contributed by atoms with van der Waals surface area (Å²) in [7, 11) is 0. The minimum Gasteiger partial charge on any atom is -0.324 e. The van der Waals surface area contributed by atoms with E-state index in [9.17, 15) is 0 Å². The van der Waals surface area contributed by atoms with E-state index in [1.165, 1.54) is 11.1 Å². The molecule has 3 rings (SSSR count). The molecule has 1 unspecified atom stereocenters. The Morgan fingerprint density at radius 1 is 1.35 bits per heavy atom. The fourth-order valence-electron chi connectivity index (χ4n) is 3.01. The molecule has 4 nitrogen and oxygen atoms in total. The second-order valence-corrected chi connectivity index (χ2v) is 5.28. The zero-order valence-electron chi connectivity index (χ0n) is 11.4. The average Bonchev–Trinajstić information content (AvgIpc) is 2.80. The van der Waals surface area contributed by atoms with Crippen LogP contribution in [0.2, 0.25) is 0 Å². The number of aromatic nitrogens is 2. The summed E-state index contributed by atoms with van der Waals surface area (Å²) < 4.78 is 1.84. The molecule has 1 atom stereocenters. The molecule has 2 aromatic rings. The van der Waals surface area contributed by atoms with Gasteiger partial charge in [-0.15, -0.1) is 0 Å². The van der Waals surface area contributed by atoms with Crippen LogP contribution in [0.1, 0.15) is 41.4 Å². The fourth-order valence-corrected chi connectivity index (χ4v) is 3.01. The maximum Gasteiger partial charge on any atom is 0.128 e. The van der Waals surface area contributed by atoms with E-state index in [2.05, 4.69) is 23.3 Å². The van der Waals surface area contributed by atoms with Crippen LogP contribution in [0.5, 0.6) is 0 Å². The Balaban J connectivity index is 2.00. The van der Waals surface area contributed by atoms with Gasteiger partial charge in [0, 0.05) is 23.7 Å². The first-order valence-corrected chi connectivity index (χ1v) is 7.04. The number of nitriles is 1. The first-order valence-electron chi connectivity index (χ1n) is 7.04. The van der Waals surface area contributed by atoms with Crippen molar-refractivity contribution in [3.8, 4) is 6.07 Å². The highest BCUT2D eigenvalue weighted by molar-refractivity contribution is 5.35. The Morgan fingerprint density at radius 2 is 2.15 bits per heavy atom. The Labute approximate surface area is 118 Å². The standard InChI is InChI=1S/C16H18N4/c17-9-10-20-15-8-4-7-13(18)16(15)14(19-20)11-12-5-2-1-3-6-12/h1-3,5-6,13H,4,7-8,10-11,18H2. The van der Waals surface area contributed by atoms with E-state index in [4.69, 9.17) is 11.0 Å². The van der Waals surface area contributed by atoms with Crippen molar-refractivity contribution in [2.45, 2.75) is 38.3 Å². The van der Waals surface area contributed by atoms with Crippen LogP contribution in [0.25, 0.3) is 0 Å². The number of fused-ring (bicyclic) bond motifs is 1. The van der Waals surface area contributed by atoms with Gasteiger partial charge in [-0.3, -0.25) is 4.68 Å². The van der Waals surface area contributed by atoms with Crippen molar-refractivity contribution in [2.24, 2.45) is 5.73 Å². The first-order chi connectivity index (χ1) is 9.79. The molecule has 0 aliphatic heterocycles. The van der Waals surface area contributed by atoms with Crippen LogP contribution < -0.4 is 5.73 Å². The molecule has 0 saturated heterocycles. The molecule has 4 heteroatoms. The van der Waals surface area contributed by atoms with Gasteiger partial charge in [0.1, 0.15) is 6.54 Å². The van der Waals surface area contributed by atoms with Gasteiger partial charge >= 0.3 is 0 Å². The fraction of sp³-hybridized carbons (Fsp3) is 0.375. The van der Waals surface area contributed by atoms with Crippen molar-refractivity contribution < 1.29 is 0 Å². The number of hydrogen-bond donors (Lipinski definition) is 1. The molecule has 1 aliphatic rings. The van der Waals surface area contributed by atoms with E-state index in [0.29, 0.717) is 6.54 Å². The summed E-state index contributed by atoms with van der Waals surface area (Å²) in [6.07, 6.45) is 3.85. The molecule has 0 bridgehead atoms. The zero-order valence-corrected chi connectivity index (χ0v) is 11.4. The predicted octanol–water partition coefficient (Wildman–Crippen LogP) is 2.33. The minimum absolute atomic E-state index is 0.0601. The third kappa shape index (κ3) is 2.33. The van der Waals surface area contributed by atoms with Gasteiger partial charge in [0.05, 0.1) is 11.8 Å². The number of hydrogen-bond acceptors (Lipinski definition) is 3. The highest BCUT2D eigenvalue weighted by atomic mass is 15.3. The zero-order chi connectivity index (χ0) is 13.9. The Morgan fingerprint density at radius 3 is 2.90 bits per heavy atom. The summed E-state index contributed by atoms with van der Waals surface area (Å²) in [6.45, 7) is 0.309. The van der Waals surface area contributed by atoms with Crippen LogP contribution in [0.15, 0.2) is 30.3 Å². The molecule has 1 aromatic carbocycles. The van der Waals surface area contributed by atoms with Gasteiger partial charge < -0.3 is 5.73 Å². The molecule has 0 radical (unpaired) electrons. The lowest BCUT2D eigenvalue weighted by Crippen LogP contribution is -2.19. The lowest BCUT2D eigenvalue weighted by molar-refractivity contribution is 0.541. The molecule has 2 N–H and O–H groups in total. The number of rotatable bonds is 3. The summed E-state index contributed by atoms with van der Waals surface area (Å²) in [5.41, 5.74) is 10.9. The molecule has 1 aromatic heterocycles. The number of nitrogens with two attached hydrogens (primary N) is 1. The van der Waals surface area contributed by atoms with Gasteiger partial charge in [-0.2, -0.15) is 10.4 Å². The summed E-state index contributed by atoms with van der Waals surface area (Å²) >= 11 is 0. The number of benzene rings is 1. The minimum atomic E-state index is 0.0601. The largest absolute Gasteiger partial charge is 0.324 e. The molecular formula is C16H18N4. The first kappa shape index (κ1) is 12.9. The molecule has 20 heavy (non-hydrogen) atoms.